The molecule has 0 spiro atoms. The average Bonchev–Trinajstić information content (AvgIpc) is 3.19. The second-order valence-electron chi connectivity index (χ2n) is 6.19. The summed E-state index contributed by atoms with van der Waals surface area (Å²) < 4.78 is 5.49. The molecule has 1 atom stereocenters. The van der Waals surface area contributed by atoms with E-state index in [4.69, 9.17) is 4.74 Å². The number of rotatable bonds is 9. The molecule has 8 heteroatoms. The lowest BCUT2D eigenvalue weighted by Gasteiger charge is -2.24. The monoisotopic (exact) mass is 504 g/mol. The summed E-state index contributed by atoms with van der Waals surface area (Å²) in [5.74, 6) is 1.30. The molecule has 6 nitrogen and oxygen atoms in total. The van der Waals surface area contributed by atoms with E-state index >= 15 is 0 Å². The van der Waals surface area contributed by atoms with Crippen molar-refractivity contribution in [3.63, 3.8) is 0 Å². The van der Waals surface area contributed by atoms with Crippen LogP contribution in [-0.4, -0.2) is 35.7 Å². The van der Waals surface area contributed by atoms with Crippen LogP contribution in [0.4, 0.5) is 0 Å². The summed E-state index contributed by atoms with van der Waals surface area (Å²) in [6.45, 7) is 8.15. The molecule has 0 fully saturated rings. The fourth-order valence-corrected chi connectivity index (χ4v) is 3.02. The minimum atomic E-state index is -0.948. The molecule has 0 amide bonds. The molecule has 2 aromatic rings. The van der Waals surface area contributed by atoms with Crippen LogP contribution in [0, 0.1) is 0 Å². The number of thiophene rings is 1. The molecule has 0 radical (unpaired) electrons. The number of guanidine groups is 1. The van der Waals surface area contributed by atoms with Gasteiger partial charge in [-0.3, -0.25) is 0 Å². The minimum absolute atomic E-state index is 0. The first-order valence-electron chi connectivity index (χ1n) is 8.90. The SMILES string of the molecule is CCCOc1ccc(CN=C(NCC)NCC(C)(O)c2ccsc2)cn1.I. The number of hydrogen-bond acceptors (Lipinski definition) is 5. The van der Waals surface area contributed by atoms with Crippen LogP contribution >= 0.6 is 35.3 Å². The third-order valence-electron chi connectivity index (χ3n) is 3.76. The van der Waals surface area contributed by atoms with Gasteiger partial charge in [-0.25, -0.2) is 9.98 Å². The molecule has 0 aliphatic heterocycles. The number of nitrogens with zero attached hydrogens (tertiary/aromatic N) is 2. The van der Waals surface area contributed by atoms with E-state index in [1.165, 1.54) is 0 Å². The van der Waals surface area contributed by atoms with Gasteiger partial charge in [-0.15, -0.1) is 24.0 Å². The number of aromatic nitrogens is 1. The van der Waals surface area contributed by atoms with Gasteiger partial charge in [-0.2, -0.15) is 11.3 Å². The zero-order chi connectivity index (χ0) is 18.8. The first-order valence-corrected chi connectivity index (χ1v) is 9.84. The average molecular weight is 504 g/mol. The van der Waals surface area contributed by atoms with Gasteiger partial charge in [-0.05, 0) is 48.2 Å². The lowest BCUT2D eigenvalue weighted by Crippen LogP contribution is -2.44. The number of aliphatic imine (C=N–C) groups is 1. The van der Waals surface area contributed by atoms with Gasteiger partial charge in [0.2, 0.25) is 5.88 Å². The van der Waals surface area contributed by atoms with Gasteiger partial charge in [0.15, 0.2) is 5.96 Å². The van der Waals surface area contributed by atoms with Gasteiger partial charge in [-0.1, -0.05) is 13.0 Å². The number of hydrogen-bond donors (Lipinski definition) is 3. The predicted molar refractivity (Wildman–Crippen MR) is 122 cm³/mol. The van der Waals surface area contributed by atoms with E-state index in [-0.39, 0.29) is 24.0 Å². The van der Waals surface area contributed by atoms with Crippen molar-refractivity contribution in [2.45, 2.75) is 39.3 Å². The minimum Gasteiger partial charge on any atom is -0.478 e. The Hall–Kier alpha value is -1.39. The molecule has 3 N–H and O–H groups in total. The molecule has 27 heavy (non-hydrogen) atoms. The van der Waals surface area contributed by atoms with Crippen molar-refractivity contribution < 1.29 is 9.84 Å². The van der Waals surface area contributed by atoms with Crippen LogP contribution in [0.15, 0.2) is 40.1 Å². The van der Waals surface area contributed by atoms with Crippen molar-refractivity contribution in [3.05, 3.63) is 46.3 Å². The third-order valence-corrected chi connectivity index (χ3v) is 4.44. The lowest BCUT2D eigenvalue weighted by atomic mass is 9.99. The van der Waals surface area contributed by atoms with Crippen LogP contribution in [-0.2, 0) is 12.1 Å². The molecule has 2 heterocycles. The van der Waals surface area contributed by atoms with E-state index in [0.29, 0.717) is 31.5 Å². The van der Waals surface area contributed by atoms with Crippen molar-refractivity contribution in [2.24, 2.45) is 4.99 Å². The largest absolute Gasteiger partial charge is 0.478 e. The number of ether oxygens (including phenoxy) is 1. The molecule has 1 unspecified atom stereocenters. The normalized spacial score (nSPS) is 13.4. The van der Waals surface area contributed by atoms with Crippen LogP contribution in [0.3, 0.4) is 0 Å². The maximum atomic E-state index is 10.6. The summed E-state index contributed by atoms with van der Waals surface area (Å²) in [5.41, 5.74) is 0.948. The van der Waals surface area contributed by atoms with E-state index in [0.717, 1.165) is 24.1 Å². The Morgan fingerprint density at radius 3 is 2.70 bits per heavy atom. The Bertz CT molecular complexity index is 676. The van der Waals surface area contributed by atoms with Crippen molar-refractivity contribution in [2.75, 3.05) is 19.7 Å². The Balaban J connectivity index is 0.00000364. The van der Waals surface area contributed by atoms with Crippen LogP contribution in [0.5, 0.6) is 5.88 Å². The smallest absolute Gasteiger partial charge is 0.213 e. The number of nitrogens with one attached hydrogen (secondary N) is 2. The van der Waals surface area contributed by atoms with Gasteiger partial charge >= 0.3 is 0 Å². The maximum absolute atomic E-state index is 10.6. The Morgan fingerprint density at radius 2 is 2.11 bits per heavy atom. The highest BCUT2D eigenvalue weighted by Crippen LogP contribution is 2.21. The summed E-state index contributed by atoms with van der Waals surface area (Å²) in [6.07, 6.45) is 2.74. The van der Waals surface area contributed by atoms with Crippen molar-refractivity contribution >= 4 is 41.3 Å². The fraction of sp³-hybridized carbons (Fsp3) is 0.474. The first kappa shape index (κ1) is 23.6. The Morgan fingerprint density at radius 1 is 1.30 bits per heavy atom. The highest BCUT2D eigenvalue weighted by molar-refractivity contribution is 14.0. The first-order chi connectivity index (χ1) is 12.5. The van der Waals surface area contributed by atoms with Crippen LogP contribution in [0.25, 0.3) is 0 Å². The zero-order valence-corrected chi connectivity index (χ0v) is 19.2. The molecule has 150 valence electrons. The number of aliphatic hydroxyl groups is 1. The maximum Gasteiger partial charge on any atom is 0.213 e. The highest BCUT2D eigenvalue weighted by atomic mass is 127. The third kappa shape index (κ3) is 8.02. The number of halogens is 1. The predicted octanol–water partition coefficient (Wildman–Crippen LogP) is 3.51. The van der Waals surface area contributed by atoms with E-state index in [1.54, 1.807) is 24.5 Å². The molecule has 2 rings (SSSR count). The molecule has 0 saturated heterocycles. The molecule has 2 aromatic heterocycles. The van der Waals surface area contributed by atoms with Crippen LogP contribution in [0.1, 0.15) is 38.3 Å². The van der Waals surface area contributed by atoms with Crippen molar-refractivity contribution in [1.82, 2.24) is 15.6 Å². The molecule has 0 aromatic carbocycles. The summed E-state index contributed by atoms with van der Waals surface area (Å²) in [7, 11) is 0. The molecule has 0 aliphatic carbocycles. The van der Waals surface area contributed by atoms with Crippen LogP contribution < -0.4 is 15.4 Å². The van der Waals surface area contributed by atoms with Crippen molar-refractivity contribution in [3.8, 4) is 5.88 Å². The van der Waals surface area contributed by atoms with Gasteiger partial charge in [0.05, 0.1) is 19.7 Å². The van der Waals surface area contributed by atoms with Crippen molar-refractivity contribution in [1.29, 1.82) is 0 Å². The molecular weight excluding hydrogens is 475 g/mol. The number of pyridine rings is 1. The zero-order valence-electron chi connectivity index (χ0n) is 16.1. The van der Waals surface area contributed by atoms with E-state index in [2.05, 4.69) is 27.5 Å². The topological polar surface area (TPSA) is 78.8 Å². The molecule has 0 bridgehead atoms. The summed E-state index contributed by atoms with van der Waals surface area (Å²) >= 11 is 1.57. The molecular formula is C19H29IN4O2S. The van der Waals surface area contributed by atoms with Gasteiger partial charge in [0, 0.05) is 18.8 Å². The van der Waals surface area contributed by atoms with E-state index in [1.807, 2.05) is 35.9 Å². The van der Waals surface area contributed by atoms with Gasteiger partial charge in [0.1, 0.15) is 5.60 Å². The van der Waals surface area contributed by atoms with Gasteiger partial charge < -0.3 is 20.5 Å². The Labute approximate surface area is 182 Å². The molecule has 0 aliphatic rings. The fourth-order valence-electron chi connectivity index (χ4n) is 2.24. The second-order valence-corrected chi connectivity index (χ2v) is 6.97. The standard InChI is InChI=1S/C19H28N4O2S.HI/c1-4-9-25-17-7-6-15(11-21-17)12-22-18(20-5-2)23-14-19(3,24)16-8-10-26-13-16;/h6-8,10-11,13,24H,4-5,9,12,14H2,1-3H3,(H2,20,22,23);1H. The lowest BCUT2D eigenvalue weighted by molar-refractivity contribution is 0.0621. The quantitative estimate of drug-likeness (QED) is 0.277. The van der Waals surface area contributed by atoms with E-state index in [9.17, 15) is 5.11 Å². The Kier molecular flexibility index (Phi) is 10.6. The molecule has 0 saturated carbocycles. The summed E-state index contributed by atoms with van der Waals surface area (Å²) in [4.78, 5) is 8.85. The van der Waals surface area contributed by atoms with E-state index < -0.39 is 5.60 Å². The highest BCUT2D eigenvalue weighted by Gasteiger charge is 2.23. The summed E-state index contributed by atoms with van der Waals surface area (Å²) in [6, 6.07) is 5.76. The second kappa shape index (κ2) is 12.1. The van der Waals surface area contributed by atoms with Gasteiger partial charge in [0.25, 0.3) is 0 Å². The van der Waals surface area contributed by atoms with Crippen LogP contribution in [0.2, 0.25) is 0 Å². The summed E-state index contributed by atoms with van der Waals surface area (Å²) in [5, 5.41) is 20.9.